The summed E-state index contributed by atoms with van der Waals surface area (Å²) in [4.78, 5) is 57.3. The molecule has 9 nitrogen and oxygen atoms in total. The van der Waals surface area contributed by atoms with E-state index < -0.39 is 0 Å². The number of hydrogen-bond acceptors (Lipinski definition) is 7. The standard InChI is InChI=1S/C47H77N5O4/c1-10-18-22-37(14-5)30-51(31-38(15-6)23-19-11-2)46(55)41-26-42(28-44(27-41)49-50-45(35-54)36(9)43(29-48)34-53)47(56)52(32-39(16-7)24-20-12-3)33-40(17-8)25-21-13-4/h26-28,34-35,37-40,49H,10-25,30-33H2,1-9H3/b43-36-,50-45?. The summed E-state index contributed by atoms with van der Waals surface area (Å²) in [7, 11) is 0. The Balaban J connectivity index is 4.00. The van der Waals surface area contributed by atoms with Crippen molar-refractivity contribution in [1.82, 2.24) is 9.80 Å². The number of hydrogen-bond donors (Lipinski definition) is 1. The second-order valence-electron chi connectivity index (χ2n) is 15.9. The van der Waals surface area contributed by atoms with Gasteiger partial charge in [0.1, 0.15) is 11.8 Å². The Bertz CT molecular complexity index is 1320. The monoisotopic (exact) mass is 776 g/mol. The van der Waals surface area contributed by atoms with E-state index in [0.717, 1.165) is 103 Å². The minimum absolute atomic E-state index is 0.117. The van der Waals surface area contributed by atoms with Crippen molar-refractivity contribution in [3.8, 4) is 6.07 Å². The number of nitrogens with zero attached hydrogens (tertiary/aromatic N) is 4. The largest absolute Gasteiger partial charge is 0.338 e. The highest BCUT2D eigenvalue weighted by atomic mass is 16.2. The van der Waals surface area contributed by atoms with Crippen molar-refractivity contribution in [3.63, 3.8) is 0 Å². The van der Waals surface area contributed by atoms with E-state index >= 15 is 0 Å². The van der Waals surface area contributed by atoms with Crippen LogP contribution in [0.3, 0.4) is 0 Å². The number of rotatable bonds is 31. The summed E-state index contributed by atoms with van der Waals surface area (Å²) >= 11 is 0. The third kappa shape index (κ3) is 17.6. The second-order valence-corrected chi connectivity index (χ2v) is 15.9. The van der Waals surface area contributed by atoms with Gasteiger partial charge in [0.2, 0.25) is 0 Å². The summed E-state index contributed by atoms with van der Waals surface area (Å²) in [5.41, 5.74) is 3.91. The number of hydrazone groups is 1. The van der Waals surface area contributed by atoms with Crippen LogP contribution in [0.25, 0.3) is 0 Å². The third-order valence-electron chi connectivity index (χ3n) is 11.5. The van der Waals surface area contributed by atoms with Gasteiger partial charge in [-0.05, 0) is 74.5 Å². The van der Waals surface area contributed by atoms with Crippen LogP contribution in [0.1, 0.15) is 186 Å². The molecule has 56 heavy (non-hydrogen) atoms. The highest BCUT2D eigenvalue weighted by molar-refractivity contribution is 6.37. The Hall–Kier alpha value is -3.80. The molecule has 0 aliphatic rings. The lowest BCUT2D eigenvalue weighted by atomic mass is 9.94. The van der Waals surface area contributed by atoms with Crippen LogP contribution in [0, 0.1) is 35.0 Å². The highest BCUT2D eigenvalue weighted by Gasteiger charge is 2.27. The van der Waals surface area contributed by atoms with Gasteiger partial charge in [0.15, 0.2) is 12.6 Å². The number of nitriles is 1. The van der Waals surface area contributed by atoms with Gasteiger partial charge in [-0.3, -0.25) is 24.6 Å². The first-order chi connectivity index (χ1) is 27.0. The molecule has 0 fully saturated rings. The SMILES string of the molecule is CCCCC(CC)CN(CC(CC)CCCC)C(=O)c1cc(NN=C(C=O)/C(C)=C(/C#N)C=O)cc(C(=O)N(CC(CC)CCCC)CC(CC)CCCC)c1. The third-order valence-corrected chi connectivity index (χ3v) is 11.5. The maximum absolute atomic E-state index is 14.8. The van der Waals surface area contributed by atoms with Crippen LogP contribution < -0.4 is 5.43 Å². The van der Waals surface area contributed by atoms with Crippen molar-refractivity contribution in [3.05, 3.63) is 40.5 Å². The lowest BCUT2D eigenvalue weighted by Gasteiger charge is -2.32. The fourth-order valence-corrected chi connectivity index (χ4v) is 7.36. The van der Waals surface area contributed by atoms with E-state index in [2.05, 4.69) is 65.9 Å². The van der Waals surface area contributed by atoms with E-state index in [0.29, 0.717) is 79.2 Å². The minimum Gasteiger partial charge on any atom is -0.338 e. The summed E-state index contributed by atoms with van der Waals surface area (Å²) in [6.45, 7) is 21.7. The van der Waals surface area contributed by atoms with Crippen molar-refractivity contribution in [2.75, 3.05) is 31.6 Å². The van der Waals surface area contributed by atoms with Gasteiger partial charge in [-0.2, -0.15) is 10.4 Å². The summed E-state index contributed by atoms with van der Waals surface area (Å²) in [5.74, 6) is 1.23. The van der Waals surface area contributed by atoms with E-state index in [-0.39, 0.29) is 28.7 Å². The predicted octanol–water partition coefficient (Wildman–Crippen LogP) is 11.4. The highest BCUT2D eigenvalue weighted by Crippen LogP contribution is 2.26. The second kappa shape index (κ2) is 29.4. The summed E-state index contributed by atoms with van der Waals surface area (Å²) in [5, 5.41) is 13.7. The lowest BCUT2D eigenvalue weighted by Crippen LogP contribution is -2.40. The average molecular weight is 776 g/mol. The van der Waals surface area contributed by atoms with Crippen LogP contribution in [-0.4, -0.2) is 66.1 Å². The van der Waals surface area contributed by atoms with Gasteiger partial charge in [-0.1, -0.05) is 132 Å². The van der Waals surface area contributed by atoms with Crippen LogP contribution in [0.4, 0.5) is 5.69 Å². The molecule has 0 aliphatic heterocycles. The van der Waals surface area contributed by atoms with Gasteiger partial charge < -0.3 is 9.80 Å². The first-order valence-corrected chi connectivity index (χ1v) is 22.1. The zero-order valence-electron chi connectivity index (χ0n) is 36.8. The zero-order valence-corrected chi connectivity index (χ0v) is 36.8. The van der Waals surface area contributed by atoms with Crippen molar-refractivity contribution in [1.29, 1.82) is 5.26 Å². The quantitative estimate of drug-likeness (QED) is 0.0263. The summed E-state index contributed by atoms with van der Waals surface area (Å²) in [6, 6.07) is 6.98. The first-order valence-electron chi connectivity index (χ1n) is 22.1. The topological polar surface area (TPSA) is 123 Å². The fourth-order valence-electron chi connectivity index (χ4n) is 7.36. The van der Waals surface area contributed by atoms with Gasteiger partial charge >= 0.3 is 0 Å². The Morgan fingerprint density at radius 1 is 0.643 bits per heavy atom. The van der Waals surface area contributed by atoms with E-state index in [1.165, 1.54) is 6.92 Å². The van der Waals surface area contributed by atoms with Crippen LogP contribution in [0.15, 0.2) is 34.4 Å². The maximum atomic E-state index is 14.8. The molecule has 0 spiro atoms. The van der Waals surface area contributed by atoms with E-state index in [4.69, 9.17) is 0 Å². The Morgan fingerprint density at radius 3 is 1.27 bits per heavy atom. The molecule has 1 N–H and O–H groups in total. The summed E-state index contributed by atoms with van der Waals surface area (Å²) in [6.07, 6.45) is 17.8. The minimum atomic E-state index is -0.201. The molecule has 0 saturated carbocycles. The predicted molar refractivity (Wildman–Crippen MR) is 233 cm³/mol. The normalized spacial score (nSPS) is 14.2. The molecule has 0 saturated heterocycles. The molecule has 4 atom stereocenters. The van der Waals surface area contributed by atoms with Gasteiger partial charge in [-0.15, -0.1) is 0 Å². The number of carbonyl (C=O) groups excluding carboxylic acids is 4. The first kappa shape index (κ1) is 50.2. The Kier molecular flexibility index (Phi) is 26.4. The molecular formula is C47H77N5O4. The van der Waals surface area contributed by atoms with Gasteiger partial charge in [0, 0.05) is 42.9 Å². The number of allylic oxidation sites excluding steroid dienone is 2. The average Bonchev–Trinajstić information content (AvgIpc) is 3.22. The zero-order chi connectivity index (χ0) is 41.9. The number of benzene rings is 1. The molecule has 1 rings (SSSR count). The molecule has 2 amide bonds. The molecule has 314 valence electrons. The van der Waals surface area contributed by atoms with E-state index in [9.17, 15) is 24.4 Å². The van der Waals surface area contributed by atoms with Crippen molar-refractivity contribution in [2.24, 2.45) is 28.8 Å². The Labute approximate surface area is 341 Å². The van der Waals surface area contributed by atoms with Crippen LogP contribution >= 0.6 is 0 Å². The molecule has 4 unspecified atom stereocenters. The van der Waals surface area contributed by atoms with E-state index in [1.807, 2.05) is 15.9 Å². The number of carbonyl (C=O) groups is 4. The van der Waals surface area contributed by atoms with Crippen molar-refractivity contribution < 1.29 is 19.2 Å². The Morgan fingerprint density at radius 2 is 1.00 bits per heavy atom. The number of aldehydes is 2. The van der Waals surface area contributed by atoms with Crippen LogP contribution in [0.5, 0.6) is 0 Å². The molecule has 0 aliphatic carbocycles. The number of amides is 2. The molecule has 1 aromatic carbocycles. The van der Waals surface area contributed by atoms with Crippen molar-refractivity contribution in [2.45, 2.75) is 165 Å². The molecule has 1 aromatic rings. The van der Waals surface area contributed by atoms with Gasteiger partial charge in [-0.25, -0.2) is 0 Å². The molecule has 0 aromatic heterocycles. The van der Waals surface area contributed by atoms with Crippen LogP contribution in [-0.2, 0) is 9.59 Å². The maximum Gasteiger partial charge on any atom is 0.253 e. The number of anilines is 1. The molecule has 0 radical (unpaired) electrons. The lowest BCUT2D eigenvalue weighted by molar-refractivity contribution is -0.104. The smallest absolute Gasteiger partial charge is 0.253 e. The molecule has 0 bridgehead atoms. The molecule has 0 heterocycles. The molecule has 9 heteroatoms. The van der Waals surface area contributed by atoms with Gasteiger partial charge in [0.05, 0.1) is 11.3 Å². The summed E-state index contributed by atoms with van der Waals surface area (Å²) < 4.78 is 0. The van der Waals surface area contributed by atoms with Gasteiger partial charge in [0.25, 0.3) is 11.8 Å². The molecular weight excluding hydrogens is 699 g/mol. The number of nitrogens with one attached hydrogen (secondary N) is 1. The number of unbranched alkanes of at least 4 members (excludes halogenated alkanes) is 4. The van der Waals surface area contributed by atoms with E-state index in [1.54, 1.807) is 18.2 Å². The van der Waals surface area contributed by atoms with Crippen molar-refractivity contribution >= 4 is 35.8 Å². The van der Waals surface area contributed by atoms with Crippen LogP contribution in [0.2, 0.25) is 0 Å². The fraction of sp³-hybridized carbons (Fsp3) is 0.702.